The van der Waals surface area contributed by atoms with Crippen molar-refractivity contribution in [3.05, 3.63) is 34.9 Å². The molecule has 2 rings (SSSR count). The van der Waals surface area contributed by atoms with Gasteiger partial charge in [0, 0.05) is 24.3 Å². The SMILES string of the molecule is Clc1ccc(C2CNCN2)cc1. The summed E-state index contributed by atoms with van der Waals surface area (Å²) in [5.74, 6) is 0. The van der Waals surface area contributed by atoms with E-state index in [1.165, 1.54) is 5.56 Å². The van der Waals surface area contributed by atoms with E-state index in [0.717, 1.165) is 18.2 Å². The largest absolute Gasteiger partial charge is 0.303 e. The Morgan fingerprint density at radius 2 is 2.00 bits per heavy atom. The van der Waals surface area contributed by atoms with Crippen LogP contribution in [0.15, 0.2) is 24.3 Å². The molecule has 1 atom stereocenters. The van der Waals surface area contributed by atoms with Gasteiger partial charge in [-0.3, -0.25) is 5.32 Å². The molecule has 1 aliphatic heterocycles. The molecule has 0 aliphatic carbocycles. The van der Waals surface area contributed by atoms with Gasteiger partial charge in [-0.1, -0.05) is 23.7 Å². The Kier molecular flexibility index (Phi) is 2.30. The molecule has 1 heterocycles. The fourth-order valence-corrected chi connectivity index (χ4v) is 1.54. The number of benzene rings is 1. The fourth-order valence-electron chi connectivity index (χ4n) is 1.41. The summed E-state index contributed by atoms with van der Waals surface area (Å²) in [6.45, 7) is 1.90. The minimum atomic E-state index is 0.447. The molecule has 2 nitrogen and oxygen atoms in total. The van der Waals surface area contributed by atoms with E-state index in [1.807, 2.05) is 12.1 Å². The molecule has 1 aromatic carbocycles. The standard InChI is InChI=1S/C9H11ClN2/c10-8-3-1-7(2-4-8)9-5-11-6-12-9/h1-4,9,11-12H,5-6H2. The molecule has 2 N–H and O–H groups in total. The first-order valence-corrected chi connectivity index (χ1v) is 4.43. The van der Waals surface area contributed by atoms with E-state index in [2.05, 4.69) is 22.8 Å². The van der Waals surface area contributed by atoms with Gasteiger partial charge >= 0.3 is 0 Å². The third kappa shape index (κ3) is 1.61. The van der Waals surface area contributed by atoms with Gasteiger partial charge in [0.05, 0.1) is 0 Å². The highest BCUT2D eigenvalue weighted by Gasteiger charge is 2.14. The van der Waals surface area contributed by atoms with Crippen LogP contribution in [0.1, 0.15) is 11.6 Å². The number of hydrogen-bond acceptors (Lipinski definition) is 2. The first kappa shape index (κ1) is 8.05. The molecule has 1 aliphatic rings. The van der Waals surface area contributed by atoms with Crippen LogP contribution in [0.4, 0.5) is 0 Å². The number of nitrogens with one attached hydrogen (secondary N) is 2. The van der Waals surface area contributed by atoms with Gasteiger partial charge in [0.25, 0.3) is 0 Å². The first-order chi connectivity index (χ1) is 5.86. The number of hydrogen-bond donors (Lipinski definition) is 2. The molecule has 12 heavy (non-hydrogen) atoms. The minimum Gasteiger partial charge on any atom is -0.303 e. The lowest BCUT2D eigenvalue weighted by Gasteiger charge is -2.08. The number of halogens is 1. The lowest BCUT2D eigenvalue weighted by Crippen LogP contribution is -2.14. The van der Waals surface area contributed by atoms with E-state index < -0.39 is 0 Å². The normalized spacial score (nSPS) is 22.9. The monoisotopic (exact) mass is 182 g/mol. The Hall–Kier alpha value is -0.570. The fraction of sp³-hybridized carbons (Fsp3) is 0.333. The third-order valence-electron chi connectivity index (χ3n) is 2.09. The zero-order chi connectivity index (χ0) is 8.39. The first-order valence-electron chi connectivity index (χ1n) is 4.06. The second kappa shape index (κ2) is 3.44. The van der Waals surface area contributed by atoms with Gasteiger partial charge in [0.1, 0.15) is 0 Å². The van der Waals surface area contributed by atoms with Gasteiger partial charge in [0.15, 0.2) is 0 Å². The molecule has 1 unspecified atom stereocenters. The van der Waals surface area contributed by atoms with Crippen molar-refractivity contribution >= 4 is 11.6 Å². The van der Waals surface area contributed by atoms with E-state index in [4.69, 9.17) is 11.6 Å². The second-order valence-corrected chi connectivity index (χ2v) is 3.38. The van der Waals surface area contributed by atoms with Crippen molar-refractivity contribution in [3.8, 4) is 0 Å². The quantitative estimate of drug-likeness (QED) is 0.689. The van der Waals surface area contributed by atoms with Crippen LogP contribution in [0, 0.1) is 0 Å². The maximum Gasteiger partial charge on any atom is 0.0460 e. The molecule has 1 fully saturated rings. The zero-order valence-corrected chi connectivity index (χ0v) is 7.43. The Morgan fingerprint density at radius 3 is 2.58 bits per heavy atom. The molecule has 1 aromatic rings. The Balaban J connectivity index is 2.17. The van der Waals surface area contributed by atoms with Gasteiger partial charge in [0.2, 0.25) is 0 Å². The van der Waals surface area contributed by atoms with Gasteiger partial charge in [-0.15, -0.1) is 0 Å². The van der Waals surface area contributed by atoms with E-state index in [1.54, 1.807) is 0 Å². The lowest BCUT2D eigenvalue weighted by molar-refractivity contribution is 0.677. The predicted molar refractivity (Wildman–Crippen MR) is 50.2 cm³/mol. The van der Waals surface area contributed by atoms with Crippen molar-refractivity contribution in [2.45, 2.75) is 6.04 Å². The van der Waals surface area contributed by atoms with Crippen LogP contribution in [0.5, 0.6) is 0 Å². The van der Waals surface area contributed by atoms with Crippen molar-refractivity contribution in [2.24, 2.45) is 0 Å². The Labute approximate surface area is 76.9 Å². The molecule has 0 radical (unpaired) electrons. The molecular formula is C9H11ClN2. The summed E-state index contributed by atoms with van der Waals surface area (Å²) in [6.07, 6.45) is 0. The van der Waals surface area contributed by atoms with Crippen molar-refractivity contribution in [1.29, 1.82) is 0 Å². The summed E-state index contributed by atoms with van der Waals surface area (Å²) in [6, 6.07) is 8.43. The van der Waals surface area contributed by atoms with Gasteiger partial charge in [-0.2, -0.15) is 0 Å². The highest BCUT2D eigenvalue weighted by molar-refractivity contribution is 6.30. The molecule has 0 aromatic heterocycles. The van der Waals surface area contributed by atoms with Gasteiger partial charge in [-0.05, 0) is 17.7 Å². The third-order valence-corrected chi connectivity index (χ3v) is 2.35. The molecule has 64 valence electrons. The Bertz CT molecular complexity index is 252. The summed E-state index contributed by atoms with van der Waals surface area (Å²) >= 11 is 5.78. The van der Waals surface area contributed by atoms with Crippen LogP contribution in [0.2, 0.25) is 5.02 Å². The molecule has 3 heteroatoms. The Morgan fingerprint density at radius 1 is 1.25 bits per heavy atom. The number of rotatable bonds is 1. The van der Waals surface area contributed by atoms with Crippen LogP contribution in [0.25, 0.3) is 0 Å². The van der Waals surface area contributed by atoms with E-state index in [0.29, 0.717) is 6.04 Å². The highest BCUT2D eigenvalue weighted by atomic mass is 35.5. The van der Waals surface area contributed by atoms with Crippen LogP contribution >= 0.6 is 11.6 Å². The molecule has 0 saturated carbocycles. The highest BCUT2D eigenvalue weighted by Crippen LogP contribution is 2.17. The van der Waals surface area contributed by atoms with Crippen LogP contribution < -0.4 is 10.6 Å². The summed E-state index contributed by atoms with van der Waals surface area (Å²) in [7, 11) is 0. The van der Waals surface area contributed by atoms with Crippen molar-refractivity contribution in [2.75, 3.05) is 13.2 Å². The van der Waals surface area contributed by atoms with E-state index in [-0.39, 0.29) is 0 Å². The van der Waals surface area contributed by atoms with Crippen LogP contribution in [0.3, 0.4) is 0 Å². The molecule has 0 spiro atoms. The van der Waals surface area contributed by atoms with Crippen molar-refractivity contribution < 1.29 is 0 Å². The van der Waals surface area contributed by atoms with Crippen molar-refractivity contribution in [1.82, 2.24) is 10.6 Å². The average Bonchev–Trinajstić information content (AvgIpc) is 2.58. The topological polar surface area (TPSA) is 24.1 Å². The second-order valence-electron chi connectivity index (χ2n) is 2.94. The maximum absolute atomic E-state index is 5.78. The minimum absolute atomic E-state index is 0.447. The zero-order valence-electron chi connectivity index (χ0n) is 6.68. The molecule has 1 saturated heterocycles. The molecule has 0 amide bonds. The summed E-state index contributed by atoms with van der Waals surface area (Å²) in [5.41, 5.74) is 1.30. The van der Waals surface area contributed by atoms with E-state index in [9.17, 15) is 0 Å². The lowest BCUT2D eigenvalue weighted by atomic mass is 10.1. The maximum atomic E-state index is 5.78. The summed E-state index contributed by atoms with van der Waals surface area (Å²) in [4.78, 5) is 0. The van der Waals surface area contributed by atoms with Crippen LogP contribution in [-0.2, 0) is 0 Å². The predicted octanol–water partition coefficient (Wildman–Crippen LogP) is 1.53. The molecule has 0 bridgehead atoms. The van der Waals surface area contributed by atoms with Crippen molar-refractivity contribution in [3.63, 3.8) is 0 Å². The smallest absolute Gasteiger partial charge is 0.0460 e. The van der Waals surface area contributed by atoms with Crippen LogP contribution in [-0.4, -0.2) is 13.2 Å². The summed E-state index contributed by atoms with van der Waals surface area (Å²) in [5, 5.41) is 7.38. The molecular weight excluding hydrogens is 172 g/mol. The summed E-state index contributed by atoms with van der Waals surface area (Å²) < 4.78 is 0. The average molecular weight is 183 g/mol. The van der Waals surface area contributed by atoms with Gasteiger partial charge < -0.3 is 5.32 Å². The van der Waals surface area contributed by atoms with E-state index >= 15 is 0 Å². The van der Waals surface area contributed by atoms with Gasteiger partial charge in [-0.25, -0.2) is 0 Å².